The number of hydrogen-bond donors (Lipinski definition) is 1. The Balaban J connectivity index is 1.82. The Morgan fingerprint density at radius 2 is 1.88 bits per heavy atom. The molecule has 7 nitrogen and oxygen atoms in total. The Kier molecular flexibility index (Phi) is 8.32. The van der Waals surface area contributed by atoms with E-state index in [1.807, 2.05) is 0 Å². The van der Waals surface area contributed by atoms with Gasteiger partial charge in [0.15, 0.2) is 0 Å². The van der Waals surface area contributed by atoms with Crippen LogP contribution in [-0.4, -0.2) is 80.9 Å². The van der Waals surface area contributed by atoms with Crippen molar-refractivity contribution in [1.82, 2.24) is 15.1 Å². The van der Waals surface area contributed by atoms with Gasteiger partial charge in [-0.15, -0.1) is 0 Å². The molecule has 0 atom stereocenters. The summed E-state index contributed by atoms with van der Waals surface area (Å²) in [5.41, 5.74) is 0. The van der Waals surface area contributed by atoms with Crippen molar-refractivity contribution >= 4 is 12.0 Å². The molecular weight excluding hydrogens is 310 g/mol. The van der Waals surface area contributed by atoms with E-state index in [0.29, 0.717) is 13.1 Å². The Labute approximate surface area is 144 Å². The molecule has 1 N–H and O–H groups in total. The highest BCUT2D eigenvalue weighted by atomic mass is 16.5. The molecule has 0 spiro atoms. The number of carbonyl (C=O) groups excluding carboxylic acids is 2. The molecule has 0 aromatic heterocycles. The van der Waals surface area contributed by atoms with E-state index in [4.69, 9.17) is 9.47 Å². The average molecular weight is 341 g/mol. The van der Waals surface area contributed by atoms with Crippen molar-refractivity contribution in [2.75, 3.05) is 53.0 Å². The molecule has 0 aromatic rings. The first-order valence-corrected chi connectivity index (χ1v) is 9.11. The number of carbonyl (C=O) groups is 2. The molecule has 2 rings (SSSR count). The summed E-state index contributed by atoms with van der Waals surface area (Å²) in [7, 11) is 1.38. The van der Waals surface area contributed by atoms with Crippen molar-refractivity contribution in [3.63, 3.8) is 0 Å². The second kappa shape index (κ2) is 10.5. The van der Waals surface area contributed by atoms with Gasteiger partial charge in [-0.2, -0.15) is 0 Å². The van der Waals surface area contributed by atoms with Gasteiger partial charge in [0.25, 0.3) is 0 Å². The minimum absolute atomic E-state index is 0.0564. The largest absolute Gasteiger partial charge is 0.469 e. The van der Waals surface area contributed by atoms with E-state index in [1.165, 1.54) is 26.4 Å². The van der Waals surface area contributed by atoms with Gasteiger partial charge < -0.3 is 19.7 Å². The highest BCUT2D eigenvalue weighted by molar-refractivity contribution is 5.76. The van der Waals surface area contributed by atoms with E-state index in [2.05, 4.69) is 10.2 Å². The molecule has 1 aliphatic carbocycles. The molecule has 7 heteroatoms. The fourth-order valence-corrected chi connectivity index (χ4v) is 3.24. The second-order valence-corrected chi connectivity index (χ2v) is 6.55. The van der Waals surface area contributed by atoms with Gasteiger partial charge in [-0.05, 0) is 12.8 Å². The highest BCUT2D eigenvalue weighted by Crippen LogP contribution is 2.17. The summed E-state index contributed by atoms with van der Waals surface area (Å²) < 4.78 is 10.1. The number of nitrogens with one attached hydrogen (secondary N) is 1. The monoisotopic (exact) mass is 341 g/mol. The number of hydrogen-bond acceptors (Lipinski definition) is 5. The summed E-state index contributed by atoms with van der Waals surface area (Å²) in [6, 6.07) is 0.217. The number of amides is 2. The van der Waals surface area contributed by atoms with Gasteiger partial charge >= 0.3 is 12.0 Å². The maximum absolute atomic E-state index is 12.6. The van der Waals surface area contributed by atoms with Crippen LogP contribution in [0.25, 0.3) is 0 Å². The smallest absolute Gasteiger partial charge is 0.317 e. The summed E-state index contributed by atoms with van der Waals surface area (Å²) in [5, 5.41) is 3.14. The number of ether oxygens (including phenoxy) is 2. The van der Waals surface area contributed by atoms with Crippen LogP contribution in [-0.2, 0) is 14.3 Å². The molecule has 0 radical (unpaired) electrons. The number of nitrogens with zero attached hydrogens (tertiary/aromatic N) is 2. The third-order valence-electron chi connectivity index (χ3n) is 4.82. The Morgan fingerprint density at radius 3 is 2.54 bits per heavy atom. The number of urea groups is 1. The summed E-state index contributed by atoms with van der Waals surface area (Å²) in [4.78, 5) is 28.1. The molecule has 2 amide bonds. The Hall–Kier alpha value is -1.34. The average Bonchev–Trinajstić information content (AvgIpc) is 2.63. The SMILES string of the molecule is COC(=O)CCN(CCN1CCOCC1)C(=O)NC1CCCCC1. The van der Waals surface area contributed by atoms with Crippen molar-refractivity contribution in [2.24, 2.45) is 0 Å². The fraction of sp³-hybridized carbons (Fsp3) is 0.882. The normalized spacial score (nSPS) is 19.7. The van der Waals surface area contributed by atoms with Crippen molar-refractivity contribution in [3.8, 4) is 0 Å². The Morgan fingerprint density at radius 1 is 1.17 bits per heavy atom. The number of rotatable bonds is 7. The number of methoxy groups -OCH3 is 1. The first kappa shape index (κ1) is 19.0. The summed E-state index contributed by atoms with van der Waals surface area (Å²) in [5.74, 6) is -0.281. The van der Waals surface area contributed by atoms with Crippen LogP contribution >= 0.6 is 0 Å². The van der Waals surface area contributed by atoms with Crippen LogP contribution in [0.2, 0.25) is 0 Å². The lowest BCUT2D eigenvalue weighted by Gasteiger charge is -2.31. The first-order chi connectivity index (χ1) is 11.7. The predicted molar refractivity (Wildman–Crippen MR) is 90.9 cm³/mol. The van der Waals surface area contributed by atoms with Crippen LogP contribution in [0.15, 0.2) is 0 Å². The zero-order valence-electron chi connectivity index (χ0n) is 14.8. The summed E-state index contributed by atoms with van der Waals surface area (Å²) >= 11 is 0. The molecule has 138 valence electrons. The maximum atomic E-state index is 12.6. The lowest BCUT2D eigenvalue weighted by atomic mass is 9.96. The van der Waals surface area contributed by atoms with E-state index < -0.39 is 0 Å². The van der Waals surface area contributed by atoms with Crippen molar-refractivity contribution in [2.45, 2.75) is 44.6 Å². The van der Waals surface area contributed by atoms with Gasteiger partial charge in [0.2, 0.25) is 0 Å². The molecule has 0 aromatic carbocycles. The highest BCUT2D eigenvalue weighted by Gasteiger charge is 2.21. The van der Waals surface area contributed by atoms with Crippen LogP contribution in [0.3, 0.4) is 0 Å². The molecule has 2 fully saturated rings. The predicted octanol–water partition coefficient (Wildman–Crippen LogP) is 1.23. The first-order valence-electron chi connectivity index (χ1n) is 9.11. The van der Waals surface area contributed by atoms with E-state index >= 15 is 0 Å². The topological polar surface area (TPSA) is 71.1 Å². The zero-order chi connectivity index (χ0) is 17.2. The van der Waals surface area contributed by atoms with Gasteiger partial charge in [0.1, 0.15) is 0 Å². The van der Waals surface area contributed by atoms with E-state index in [-0.39, 0.29) is 24.5 Å². The molecule has 1 saturated heterocycles. The van der Waals surface area contributed by atoms with Gasteiger partial charge in [-0.25, -0.2) is 4.79 Å². The third kappa shape index (κ3) is 6.65. The molecular formula is C17H31N3O4. The van der Waals surface area contributed by atoms with Crippen LogP contribution in [0, 0.1) is 0 Å². The minimum atomic E-state index is -0.281. The lowest BCUT2D eigenvalue weighted by molar-refractivity contribution is -0.140. The van der Waals surface area contributed by atoms with Gasteiger partial charge in [0, 0.05) is 38.8 Å². The Bertz CT molecular complexity index is 393. The van der Waals surface area contributed by atoms with Crippen molar-refractivity contribution < 1.29 is 19.1 Å². The molecule has 2 aliphatic rings. The van der Waals surface area contributed by atoms with Crippen molar-refractivity contribution in [3.05, 3.63) is 0 Å². The maximum Gasteiger partial charge on any atom is 0.317 e. The molecule has 24 heavy (non-hydrogen) atoms. The number of esters is 1. The van der Waals surface area contributed by atoms with Gasteiger partial charge in [-0.1, -0.05) is 19.3 Å². The molecule has 0 bridgehead atoms. The molecule has 1 saturated carbocycles. The molecule has 0 unspecified atom stereocenters. The third-order valence-corrected chi connectivity index (χ3v) is 4.82. The quantitative estimate of drug-likeness (QED) is 0.705. The van der Waals surface area contributed by atoms with E-state index in [1.54, 1.807) is 4.90 Å². The lowest BCUT2D eigenvalue weighted by Crippen LogP contribution is -2.49. The van der Waals surface area contributed by atoms with Gasteiger partial charge in [0.05, 0.1) is 26.7 Å². The standard InChI is InChI=1S/C17H31N3O4/c1-23-16(21)7-8-20(10-9-19-11-13-24-14-12-19)17(22)18-15-5-3-2-4-6-15/h15H,2-14H2,1H3,(H,18,22). The van der Waals surface area contributed by atoms with Crippen LogP contribution in [0.5, 0.6) is 0 Å². The molecule has 1 heterocycles. The van der Waals surface area contributed by atoms with Crippen molar-refractivity contribution in [1.29, 1.82) is 0 Å². The molecule has 1 aliphatic heterocycles. The zero-order valence-corrected chi connectivity index (χ0v) is 14.8. The number of morpholine rings is 1. The van der Waals surface area contributed by atoms with Crippen LogP contribution in [0.4, 0.5) is 4.79 Å². The minimum Gasteiger partial charge on any atom is -0.469 e. The summed E-state index contributed by atoms with van der Waals surface area (Å²) in [6.45, 7) is 5.12. The van der Waals surface area contributed by atoms with Crippen LogP contribution in [0.1, 0.15) is 38.5 Å². The van der Waals surface area contributed by atoms with E-state index in [0.717, 1.165) is 45.7 Å². The second-order valence-electron chi connectivity index (χ2n) is 6.55. The van der Waals surface area contributed by atoms with E-state index in [9.17, 15) is 9.59 Å². The summed E-state index contributed by atoms with van der Waals surface area (Å²) in [6.07, 6.45) is 5.97. The fourth-order valence-electron chi connectivity index (χ4n) is 3.24. The van der Waals surface area contributed by atoms with Crippen LogP contribution < -0.4 is 5.32 Å². The van der Waals surface area contributed by atoms with Gasteiger partial charge in [-0.3, -0.25) is 9.69 Å².